The molecule has 3 rings (SSSR count). The van der Waals surface area contributed by atoms with Crippen LogP contribution in [0.2, 0.25) is 0 Å². The van der Waals surface area contributed by atoms with E-state index < -0.39 is 6.04 Å². The molecular weight excluding hydrogens is 361 g/mol. The lowest BCUT2D eigenvalue weighted by molar-refractivity contribution is 0.125. The third-order valence-corrected chi connectivity index (χ3v) is 5.38. The van der Waals surface area contributed by atoms with Crippen LogP contribution in [0.3, 0.4) is 0 Å². The molecule has 1 aliphatic heterocycles. The molecule has 6 nitrogen and oxygen atoms in total. The molecule has 1 atom stereocenters. The molecule has 2 heterocycles. The number of likely N-dealkylation sites (N-methyl/N-ethyl adjacent to an activating group) is 1. The van der Waals surface area contributed by atoms with Crippen molar-refractivity contribution in [3.63, 3.8) is 0 Å². The number of pyridine rings is 1. The first-order valence-electron chi connectivity index (χ1n) is 9.52. The molecule has 2 aromatic rings. The predicted octanol–water partition coefficient (Wildman–Crippen LogP) is 1.98. The van der Waals surface area contributed by atoms with Gasteiger partial charge in [0.1, 0.15) is 11.6 Å². The van der Waals surface area contributed by atoms with Crippen molar-refractivity contribution in [3.8, 4) is 5.75 Å². The van der Waals surface area contributed by atoms with E-state index in [4.69, 9.17) is 4.74 Å². The third kappa shape index (κ3) is 4.27. The molecule has 0 saturated carbocycles. The number of piperazine rings is 1. The van der Waals surface area contributed by atoms with Crippen LogP contribution in [0.25, 0.3) is 0 Å². The van der Waals surface area contributed by atoms with Gasteiger partial charge in [0.05, 0.1) is 18.2 Å². The molecule has 1 aromatic carbocycles. The van der Waals surface area contributed by atoms with E-state index in [0.717, 1.165) is 26.2 Å². The molecule has 0 amide bonds. The Morgan fingerprint density at radius 3 is 2.57 bits per heavy atom. The number of hydrogen-bond acceptors (Lipinski definition) is 5. The van der Waals surface area contributed by atoms with Crippen LogP contribution in [0, 0.1) is 12.7 Å². The van der Waals surface area contributed by atoms with Crippen LogP contribution >= 0.6 is 0 Å². The summed E-state index contributed by atoms with van der Waals surface area (Å²) in [5.74, 6) is -0.410. The summed E-state index contributed by atoms with van der Waals surface area (Å²) >= 11 is 0. The minimum absolute atomic E-state index is 0.0515. The Labute approximate surface area is 164 Å². The van der Waals surface area contributed by atoms with Gasteiger partial charge in [-0.05, 0) is 37.7 Å². The summed E-state index contributed by atoms with van der Waals surface area (Å²) in [5, 5.41) is 10.7. The van der Waals surface area contributed by atoms with E-state index in [9.17, 15) is 14.3 Å². The largest absolute Gasteiger partial charge is 0.507 e. The van der Waals surface area contributed by atoms with E-state index in [0.29, 0.717) is 24.4 Å². The van der Waals surface area contributed by atoms with Gasteiger partial charge in [-0.15, -0.1) is 0 Å². The van der Waals surface area contributed by atoms with E-state index in [1.54, 1.807) is 30.7 Å². The fourth-order valence-electron chi connectivity index (χ4n) is 3.80. The minimum atomic E-state index is -0.508. The van der Waals surface area contributed by atoms with E-state index in [-0.39, 0.29) is 22.7 Å². The minimum Gasteiger partial charge on any atom is -0.507 e. The summed E-state index contributed by atoms with van der Waals surface area (Å²) in [6.07, 6.45) is 0. The molecule has 28 heavy (non-hydrogen) atoms. The molecule has 152 valence electrons. The fourth-order valence-corrected chi connectivity index (χ4v) is 3.80. The van der Waals surface area contributed by atoms with Crippen LogP contribution in [0.4, 0.5) is 4.39 Å². The zero-order valence-corrected chi connectivity index (χ0v) is 16.7. The Bertz CT molecular complexity index is 876. The maximum Gasteiger partial charge on any atom is 0.259 e. The van der Waals surface area contributed by atoms with Gasteiger partial charge in [0.2, 0.25) is 0 Å². The van der Waals surface area contributed by atoms with Crippen molar-refractivity contribution in [3.05, 3.63) is 63.3 Å². The van der Waals surface area contributed by atoms with Gasteiger partial charge in [-0.2, -0.15) is 0 Å². The maximum atomic E-state index is 14.0. The number of methoxy groups -OCH3 is 1. The van der Waals surface area contributed by atoms with E-state index in [1.165, 1.54) is 12.1 Å². The average molecular weight is 389 g/mol. The summed E-state index contributed by atoms with van der Waals surface area (Å²) < 4.78 is 20.7. The Morgan fingerprint density at radius 2 is 1.93 bits per heavy atom. The molecule has 0 unspecified atom stereocenters. The van der Waals surface area contributed by atoms with Crippen molar-refractivity contribution in [1.29, 1.82) is 0 Å². The number of aromatic hydroxyl groups is 1. The third-order valence-electron chi connectivity index (χ3n) is 5.38. The topological polar surface area (TPSA) is 57.9 Å². The number of aromatic nitrogens is 1. The molecule has 1 aromatic heterocycles. The predicted molar refractivity (Wildman–Crippen MR) is 106 cm³/mol. The van der Waals surface area contributed by atoms with Crippen molar-refractivity contribution in [2.75, 3.05) is 46.9 Å². The second-order valence-corrected chi connectivity index (χ2v) is 7.33. The SMILES string of the molecule is COCCn1c(C)cc(O)c([C@H](c2cccc(F)c2)N2CCN(C)CC2)c1=O. The summed E-state index contributed by atoms with van der Waals surface area (Å²) in [5.41, 5.74) is 1.36. The highest BCUT2D eigenvalue weighted by atomic mass is 19.1. The lowest BCUT2D eigenvalue weighted by Gasteiger charge is -2.38. The molecule has 7 heteroatoms. The van der Waals surface area contributed by atoms with Crippen LogP contribution in [0.1, 0.15) is 22.9 Å². The molecule has 0 bridgehead atoms. The highest BCUT2D eigenvalue weighted by Gasteiger charge is 2.31. The molecule has 0 radical (unpaired) electrons. The standard InChI is InChI=1S/C21H28FN3O3/c1-15-13-18(26)19(21(27)25(15)11-12-28-3)20(16-5-4-6-17(22)14-16)24-9-7-23(2)8-10-24/h4-6,13-14,20,26H,7-12H2,1-3H3/t20-/m0/s1. The molecule has 1 fully saturated rings. The van der Waals surface area contributed by atoms with Gasteiger partial charge in [-0.25, -0.2) is 4.39 Å². The van der Waals surface area contributed by atoms with Crippen molar-refractivity contribution >= 4 is 0 Å². The second kappa shape index (κ2) is 8.86. The van der Waals surface area contributed by atoms with Gasteiger partial charge in [0.25, 0.3) is 5.56 Å². The first-order valence-corrected chi connectivity index (χ1v) is 9.52. The average Bonchev–Trinajstić information content (AvgIpc) is 2.66. The number of halogens is 1. The Balaban J connectivity index is 2.13. The quantitative estimate of drug-likeness (QED) is 0.819. The number of hydrogen-bond donors (Lipinski definition) is 1. The van der Waals surface area contributed by atoms with Gasteiger partial charge in [0, 0.05) is 45.5 Å². The van der Waals surface area contributed by atoms with Crippen molar-refractivity contribution in [2.24, 2.45) is 0 Å². The number of benzene rings is 1. The summed E-state index contributed by atoms with van der Waals surface area (Å²) in [4.78, 5) is 17.7. The van der Waals surface area contributed by atoms with Crippen LogP contribution in [-0.2, 0) is 11.3 Å². The number of nitrogens with zero attached hydrogens (tertiary/aromatic N) is 3. The fraction of sp³-hybridized carbons (Fsp3) is 0.476. The van der Waals surface area contributed by atoms with Gasteiger partial charge >= 0.3 is 0 Å². The first kappa shape index (κ1) is 20.5. The molecule has 0 spiro atoms. The van der Waals surface area contributed by atoms with Crippen molar-refractivity contribution in [1.82, 2.24) is 14.4 Å². The van der Waals surface area contributed by atoms with Gasteiger partial charge in [0.15, 0.2) is 0 Å². The van der Waals surface area contributed by atoms with Crippen LogP contribution in [0.15, 0.2) is 35.1 Å². The Kier molecular flexibility index (Phi) is 6.49. The molecule has 0 aliphatic carbocycles. The molecule has 1 aliphatic rings. The van der Waals surface area contributed by atoms with Gasteiger partial charge in [-0.3, -0.25) is 9.69 Å². The number of aryl methyl sites for hydroxylation is 1. The lowest BCUT2D eigenvalue weighted by atomic mass is 9.96. The summed E-state index contributed by atoms with van der Waals surface area (Å²) in [6, 6.07) is 7.38. The monoisotopic (exact) mass is 389 g/mol. The lowest BCUT2D eigenvalue weighted by Crippen LogP contribution is -2.47. The molecule has 1 saturated heterocycles. The van der Waals surface area contributed by atoms with E-state index in [2.05, 4.69) is 16.8 Å². The second-order valence-electron chi connectivity index (χ2n) is 7.33. The normalized spacial score (nSPS) is 17.0. The zero-order chi connectivity index (χ0) is 20.3. The van der Waals surface area contributed by atoms with Gasteiger partial charge in [-0.1, -0.05) is 12.1 Å². The van der Waals surface area contributed by atoms with E-state index >= 15 is 0 Å². The summed E-state index contributed by atoms with van der Waals surface area (Å²) in [7, 11) is 3.64. The maximum absolute atomic E-state index is 14.0. The highest BCUT2D eigenvalue weighted by molar-refractivity contribution is 5.41. The smallest absolute Gasteiger partial charge is 0.259 e. The van der Waals surface area contributed by atoms with E-state index in [1.807, 2.05) is 6.07 Å². The van der Waals surface area contributed by atoms with Gasteiger partial charge < -0.3 is 19.3 Å². The zero-order valence-electron chi connectivity index (χ0n) is 16.7. The van der Waals surface area contributed by atoms with Crippen molar-refractivity contribution < 1.29 is 14.2 Å². The molecular formula is C21H28FN3O3. The number of rotatable bonds is 6. The van der Waals surface area contributed by atoms with Crippen molar-refractivity contribution in [2.45, 2.75) is 19.5 Å². The number of ether oxygens (including phenoxy) is 1. The van der Waals surface area contributed by atoms with Crippen LogP contribution in [0.5, 0.6) is 5.75 Å². The Hall–Kier alpha value is -2.22. The van der Waals surface area contributed by atoms with Crippen LogP contribution in [-0.4, -0.2) is 66.4 Å². The first-order chi connectivity index (χ1) is 13.4. The highest BCUT2D eigenvalue weighted by Crippen LogP contribution is 2.33. The Morgan fingerprint density at radius 1 is 1.21 bits per heavy atom. The molecule has 1 N–H and O–H groups in total. The van der Waals surface area contributed by atoms with Crippen LogP contribution < -0.4 is 5.56 Å². The summed E-state index contributed by atoms with van der Waals surface area (Å²) in [6.45, 7) is 5.71.